The first-order valence-corrected chi connectivity index (χ1v) is 4.25. The Morgan fingerprint density at radius 2 is 2.29 bits per heavy atom. The van der Waals surface area contributed by atoms with Gasteiger partial charge >= 0.3 is 0 Å². The predicted molar refractivity (Wildman–Crippen MR) is 49.7 cm³/mol. The molecule has 0 saturated heterocycles. The average molecular weight is 194 g/mol. The van der Waals surface area contributed by atoms with E-state index in [9.17, 15) is 4.39 Å². The van der Waals surface area contributed by atoms with Crippen LogP contribution in [-0.2, 0) is 0 Å². The summed E-state index contributed by atoms with van der Waals surface area (Å²) < 4.78 is 13.1. The zero-order valence-electron chi connectivity index (χ0n) is 7.57. The van der Waals surface area contributed by atoms with Crippen LogP contribution in [0.3, 0.4) is 0 Å². The van der Waals surface area contributed by atoms with Crippen LogP contribution < -0.4 is 5.73 Å². The molecule has 0 unspecified atom stereocenters. The molecule has 1 aromatic carbocycles. The summed E-state index contributed by atoms with van der Waals surface area (Å²) in [5, 5.41) is 17.4. The summed E-state index contributed by atoms with van der Waals surface area (Å²) in [6.07, 6.45) is 0.318. The molecule has 0 spiro atoms. The van der Waals surface area contributed by atoms with E-state index in [0.29, 0.717) is 12.0 Å². The molecule has 0 aliphatic carbocycles. The second-order valence-corrected chi connectivity index (χ2v) is 2.93. The Hall–Kier alpha value is -1.44. The Kier molecular flexibility index (Phi) is 3.57. The molecule has 0 aliphatic rings. The van der Waals surface area contributed by atoms with E-state index in [2.05, 4.69) is 0 Å². The minimum Gasteiger partial charge on any atom is -0.396 e. The van der Waals surface area contributed by atoms with Crippen LogP contribution in [0.25, 0.3) is 0 Å². The first-order valence-electron chi connectivity index (χ1n) is 4.25. The second kappa shape index (κ2) is 4.70. The molecule has 1 aromatic rings. The highest BCUT2D eigenvalue weighted by atomic mass is 19.1. The van der Waals surface area contributed by atoms with Crippen molar-refractivity contribution in [1.29, 1.82) is 5.26 Å². The van der Waals surface area contributed by atoms with Gasteiger partial charge in [0.1, 0.15) is 11.9 Å². The van der Waals surface area contributed by atoms with Gasteiger partial charge in [-0.1, -0.05) is 12.1 Å². The topological polar surface area (TPSA) is 70.0 Å². The van der Waals surface area contributed by atoms with E-state index in [1.807, 2.05) is 0 Å². The number of nitrogens with two attached hydrogens (primary N) is 1. The summed E-state index contributed by atoms with van der Waals surface area (Å²) in [4.78, 5) is 0. The molecule has 1 rings (SSSR count). The first-order chi connectivity index (χ1) is 6.70. The number of nitriles is 1. The summed E-state index contributed by atoms with van der Waals surface area (Å²) in [5.41, 5.74) is 6.09. The van der Waals surface area contributed by atoms with Crippen molar-refractivity contribution >= 4 is 0 Å². The standard InChI is InChI=1S/C10H11FN2O/c11-9-3-1-2-7(8(9)6-12)10(13)4-5-14/h1-3,10,14H,4-5,13H2/t10-/m1/s1. The summed E-state index contributed by atoms with van der Waals surface area (Å²) in [7, 11) is 0. The SMILES string of the molecule is N#Cc1c(F)cccc1[C@H](N)CCO. The maximum Gasteiger partial charge on any atom is 0.141 e. The van der Waals surface area contributed by atoms with Crippen LogP contribution in [-0.4, -0.2) is 11.7 Å². The van der Waals surface area contributed by atoms with E-state index in [1.54, 1.807) is 12.1 Å². The fraction of sp³-hybridized carbons (Fsp3) is 0.300. The number of benzene rings is 1. The van der Waals surface area contributed by atoms with Gasteiger partial charge in [0.05, 0.1) is 5.56 Å². The summed E-state index contributed by atoms with van der Waals surface area (Å²) in [5.74, 6) is -0.571. The highest BCUT2D eigenvalue weighted by Crippen LogP contribution is 2.20. The second-order valence-electron chi connectivity index (χ2n) is 2.93. The molecule has 0 aromatic heterocycles. The number of rotatable bonds is 3. The lowest BCUT2D eigenvalue weighted by atomic mass is 9.99. The number of hydrogen-bond donors (Lipinski definition) is 2. The van der Waals surface area contributed by atoms with Gasteiger partial charge in [0.25, 0.3) is 0 Å². The van der Waals surface area contributed by atoms with Crippen LogP contribution >= 0.6 is 0 Å². The van der Waals surface area contributed by atoms with Crippen LogP contribution in [0.1, 0.15) is 23.6 Å². The van der Waals surface area contributed by atoms with Crippen LogP contribution in [0.5, 0.6) is 0 Å². The molecule has 3 nitrogen and oxygen atoms in total. The zero-order valence-corrected chi connectivity index (χ0v) is 7.57. The van der Waals surface area contributed by atoms with Crippen molar-refractivity contribution in [3.8, 4) is 6.07 Å². The third kappa shape index (κ3) is 2.08. The molecule has 0 bridgehead atoms. The highest BCUT2D eigenvalue weighted by molar-refractivity contribution is 5.40. The van der Waals surface area contributed by atoms with Gasteiger partial charge in [-0.25, -0.2) is 4.39 Å². The Morgan fingerprint density at radius 3 is 2.86 bits per heavy atom. The summed E-state index contributed by atoms with van der Waals surface area (Å²) in [6, 6.07) is 5.59. The molecule has 0 amide bonds. The van der Waals surface area contributed by atoms with E-state index in [0.717, 1.165) is 0 Å². The zero-order chi connectivity index (χ0) is 10.6. The van der Waals surface area contributed by atoms with Gasteiger partial charge in [-0.3, -0.25) is 0 Å². The van der Waals surface area contributed by atoms with Gasteiger partial charge in [0.2, 0.25) is 0 Å². The highest BCUT2D eigenvalue weighted by Gasteiger charge is 2.13. The van der Waals surface area contributed by atoms with Crippen molar-refractivity contribution in [2.24, 2.45) is 5.73 Å². The average Bonchev–Trinajstić information content (AvgIpc) is 2.17. The smallest absolute Gasteiger partial charge is 0.141 e. The number of aliphatic hydroxyl groups excluding tert-OH is 1. The lowest BCUT2D eigenvalue weighted by molar-refractivity contribution is 0.276. The monoisotopic (exact) mass is 194 g/mol. The molecule has 0 aliphatic heterocycles. The molecule has 0 saturated carbocycles. The Balaban J connectivity index is 3.08. The fourth-order valence-corrected chi connectivity index (χ4v) is 1.26. The summed E-state index contributed by atoms with van der Waals surface area (Å²) >= 11 is 0. The summed E-state index contributed by atoms with van der Waals surface area (Å²) in [6.45, 7) is -0.0808. The molecular weight excluding hydrogens is 183 g/mol. The molecule has 0 fully saturated rings. The van der Waals surface area contributed by atoms with Crippen molar-refractivity contribution in [1.82, 2.24) is 0 Å². The molecule has 4 heteroatoms. The first kappa shape index (κ1) is 10.6. The third-order valence-electron chi connectivity index (χ3n) is 2.00. The lowest BCUT2D eigenvalue weighted by Crippen LogP contribution is -2.14. The molecule has 3 N–H and O–H groups in total. The maximum atomic E-state index is 13.1. The van der Waals surface area contributed by atoms with Gasteiger partial charge in [0, 0.05) is 12.6 Å². The van der Waals surface area contributed by atoms with Crippen LogP contribution in [0.4, 0.5) is 4.39 Å². The Labute approximate surface area is 81.6 Å². The molecule has 0 heterocycles. The number of nitrogens with zero attached hydrogens (tertiary/aromatic N) is 1. The van der Waals surface area contributed by atoms with Gasteiger partial charge in [-0.05, 0) is 18.1 Å². The predicted octanol–water partition coefficient (Wildman–Crippen LogP) is 1.08. The molecule has 74 valence electrons. The van der Waals surface area contributed by atoms with Crippen LogP contribution in [0.15, 0.2) is 18.2 Å². The largest absolute Gasteiger partial charge is 0.396 e. The van der Waals surface area contributed by atoms with Crippen molar-refractivity contribution in [3.63, 3.8) is 0 Å². The molecular formula is C10H11FN2O. The van der Waals surface area contributed by atoms with E-state index in [-0.39, 0.29) is 12.2 Å². The number of halogens is 1. The van der Waals surface area contributed by atoms with E-state index >= 15 is 0 Å². The van der Waals surface area contributed by atoms with Crippen molar-refractivity contribution in [2.45, 2.75) is 12.5 Å². The van der Waals surface area contributed by atoms with Gasteiger partial charge < -0.3 is 10.8 Å². The van der Waals surface area contributed by atoms with Gasteiger partial charge in [-0.2, -0.15) is 5.26 Å². The Morgan fingerprint density at radius 1 is 1.57 bits per heavy atom. The van der Waals surface area contributed by atoms with Crippen molar-refractivity contribution in [3.05, 3.63) is 35.1 Å². The van der Waals surface area contributed by atoms with Crippen LogP contribution in [0, 0.1) is 17.1 Å². The van der Waals surface area contributed by atoms with E-state index in [1.165, 1.54) is 12.1 Å². The third-order valence-corrected chi connectivity index (χ3v) is 2.00. The van der Waals surface area contributed by atoms with Gasteiger partial charge in [-0.15, -0.1) is 0 Å². The Bertz CT molecular complexity index is 360. The minimum absolute atomic E-state index is 0.0338. The van der Waals surface area contributed by atoms with Gasteiger partial charge in [0.15, 0.2) is 0 Å². The van der Waals surface area contributed by atoms with E-state index in [4.69, 9.17) is 16.1 Å². The molecule has 1 atom stereocenters. The number of aliphatic hydroxyl groups is 1. The quantitative estimate of drug-likeness (QED) is 0.756. The minimum atomic E-state index is -0.571. The lowest BCUT2D eigenvalue weighted by Gasteiger charge is -2.11. The maximum absolute atomic E-state index is 13.1. The molecule has 14 heavy (non-hydrogen) atoms. The number of hydrogen-bond acceptors (Lipinski definition) is 3. The van der Waals surface area contributed by atoms with Crippen molar-refractivity contribution in [2.75, 3.05) is 6.61 Å². The normalized spacial score (nSPS) is 12.1. The van der Waals surface area contributed by atoms with Crippen LogP contribution in [0.2, 0.25) is 0 Å². The fourth-order valence-electron chi connectivity index (χ4n) is 1.26. The van der Waals surface area contributed by atoms with E-state index < -0.39 is 11.9 Å². The molecule has 0 radical (unpaired) electrons. The van der Waals surface area contributed by atoms with Crippen molar-refractivity contribution < 1.29 is 9.50 Å².